The van der Waals surface area contributed by atoms with Crippen LogP contribution in [0.15, 0.2) is 24.3 Å². The summed E-state index contributed by atoms with van der Waals surface area (Å²) >= 11 is 1.26. The molecule has 2 nitrogen and oxygen atoms in total. The predicted molar refractivity (Wildman–Crippen MR) is 68.6 cm³/mol. The van der Waals surface area contributed by atoms with Crippen LogP contribution < -0.4 is 0 Å². The molecule has 0 aromatic heterocycles. The molecule has 0 radical (unpaired) electrons. The Morgan fingerprint density at radius 1 is 1.41 bits per heavy atom. The molecule has 0 aliphatic heterocycles. The van der Waals surface area contributed by atoms with Crippen molar-refractivity contribution in [3.63, 3.8) is 0 Å². The topological polar surface area (TPSA) is 34.1 Å². The second-order valence-electron chi connectivity index (χ2n) is 3.42. The maximum atomic E-state index is 12.8. The van der Waals surface area contributed by atoms with Gasteiger partial charge in [0.1, 0.15) is 5.82 Å². The monoisotopic (exact) mass is 252 g/mol. The first-order valence-electron chi connectivity index (χ1n) is 5.18. The Kier molecular flexibility index (Phi) is 5.63. The summed E-state index contributed by atoms with van der Waals surface area (Å²) in [6, 6.07) is 4.08. The molecule has 0 aliphatic rings. The van der Waals surface area contributed by atoms with Gasteiger partial charge in [-0.3, -0.25) is 9.59 Å². The highest BCUT2D eigenvalue weighted by atomic mass is 32.2. The third-order valence-corrected chi connectivity index (χ3v) is 2.91. The van der Waals surface area contributed by atoms with Crippen molar-refractivity contribution in [2.45, 2.75) is 13.3 Å². The standard InChI is InChI=1S/C13H13FO2S/c1-10(16)17-7-3-2-4-11-5-6-13(14)8-12(11)9-15/h2,4-6,8-9H,3,7H2,1H3. The van der Waals surface area contributed by atoms with E-state index < -0.39 is 5.82 Å². The Labute approximate surface area is 104 Å². The van der Waals surface area contributed by atoms with Gasteiger partial charge in [-0.05, 0) is 24.1 Å². The van der Waals surface area contributed by atoms with Gasteiger partial charge < -0.3 is 0 Å². The molecule has 0 heterocycles. The van der Waals surface area contributed by atoms with Gasteiger partial charge in [-0.2, -0.15) is 0 Å². The summed E-state index contributed by atoms with van der Waals surface area (Å²) < 4.78 is 12.8. The van der Waals surface area contributed by atoms with Gasteiger partial charge in [-0.1, -0.05) is 30.0 Å². The molecule has 0 aliphatic carbocycles. The van der Waals surface area contributed by atoms with Crippen LogP contribution in [0, 0.1) is 5.82 Å². The molecule has 0 atom stereocenters. The van der Waals surface area contributed by atoms with Crippen LogP contribution in [-0.4, -0.2) is 17.2 Å². The van der Waals surface area contributed by atoms with Crippen molar-refractivity contribution >= 4 is 29.2 Å². The van der Waals surface area contributed by atoms with Crippen molar-refractivity contribution in [2.24, 2.45) is 0 Å². The van der Waals surface area contributed by atoms with E-state index in [2.05, 4.69) is 0 Å². The molecule has 0 fully saturated rings. The van der Waals surface area contributed by atoms with Crippen LogP contribution in [0.5, 0.6) is 0 Å². The highest BCUT2D eigenvalue weighted by Gasteiger charge is 1.99. The highest BCUT2D eigenvalue weighted by Crippen LogP contribution is 2.12. The van der Waals surface area contributed by atoms with Gasteiger partial charge in [-0.25, -0.2) is 4.39 Å². The molecule has 1 rings (SSSR count). The third kappa shape index (κ3) is 4.95. The normalized spacial score (nSPS) is 10.7. The zero-order chi connectivity index (χ0) is 12.7. The van der Waals surface area contributed by atoms with E-state index in [4.69, 9.17) is 0 Å². The Morgan fingerprint density at radius 3 is 2.82 bits per heavy atom. The average molecular weight is 252 g/mol. The molecule has 0 spiro atoms. The number of halogens is 1. The molecule has 1 aromatic carbocycles. The van der Waals surface area contributed by atoms with Crippen molar-refractivity contribution in [2.75, 3.05) is 5.75 Å². The van der Waals surface area contributed by atoms with E-state index in [9.17, 15) is 14.0 Å². The predicted octanol–water partition coefficient (Wildman–Crippen LogP) is 3.32. The van der Waals surface area contributed by atoms with Crippen molar-refractivity contribution < 1.29 is 14.0 Å². The molecule has 0 amide bonds. The molecular weight excluding hydrogens is 239 g/mol. The first kappa shape index (κ1) is 13.6. The summed E-state index contributed by atoms with van der Waals surface area (Å²) in [6.07, 6.45) is 5.01. The number of aldehydes is 1. The SMILES string of the molecule is CC(=O)SCCC=Cc1ccc(F)cc1C=O. The van der Waals surface area contributed by atoms with Crippen LogP contribution in [0.1, 0.15) is 29.3 Å². The number of rotatable bonds is 5. The number of hydrogen-bond donors (Lipinski definition) is 0. The van der Waals surface area contributed by atoms with Gasteiger partial charge in [-0.15, -0.1) is 0 Å². The quantitative estimate of drug-likeness (QED) is 0.595. The molecule has 0 saturated heterocycles. The molecule has 90 valence electrons. The van der Waals surface area contributed by atoms with Crippen molar-refractivity contribution in [3.8, 4) is 0 Å². The minimum Gasteiger partial charge on any atom is -0.298 e. The molecule has 17 heavy (non-hydrogen) atoms. The first-order valence-corrected chi connectivity index (χ1v) is 6.16. The molecular formula is C13H13FO2S. The van der Waals surface area contributed by atoms with E-state index in [1.807, 2.05) is 6.08 Å². The number of carbonyl (C=O) groups is 2. The summed E-state index contributed by atoms with van der Waals surface area (Å²) in [4.78, 5) is 21.4. The summed E-state index contributed by atoms with van der Waals surface area (Å²) in [5.74, 6) is 0.292. The zero-order valence-electron chi connectivity index (χ0n) is 9.48. The van der Waals surface area contributed by atoms with Crippen LogP contribution in [0.2, 0.25) is 0 Å². The smallest absolute Gasteiger partial charge is 0.185 e. The summed E-state index contributed by atoms with van der Waals surface area (Å²) in [6.45, 7) is 1.53. The van der Waals surface area contributed by atoms with Gasteiger partial charge in [0, 0.05) is 18.2 Å². The van der Waals surface area contributed by atoms with Crippen LogP contribution >= 0.6 is 11.8 Å². The van der Waals surface area contributed by atoms with Gasteiger partial charge in [0.05, 0.1) is 0 Å². The first-order chi connectivity index (χ1) is 8.13. The molecule has 0 bridgehead atoms. The number of carbonyl (C=O) groups excluding carboxylic acids is 2. The summed E-state index contributed by atoms with van der Waals surface area (Å²) in [5, 5.41) is 0.0914. The van der Waals surface area contributed by atoms with Gasteiger partial charge in [0.25, 0.3) is 0 Å². The number of benzene rings is 1. The number of hydrogen-bond acceptors (Lipinski definition) is 3. The largest absolute Gasteiger partial charge is 0.298 e. The maximum Gasteiger partial charge on any atom is 0.185 e. The lowest BCUT2D eigenvalue weighted by molar-refractivity contribution is -0.109. The molecule has 0 unspecified atom stereocenters. The molecule has 1 aromatic rings. The van der Waals surface area contributed by atoms with Crippen molar-refractivity contribution in [1.29, 1.82) is 0 Å². The summed E-state index contributed by atoms with van der Waals surface area (Å²) in [7, 11) is 0. The fourth-order valence-corrected chi connectivity index (χ4v) is 1.82. The Morgan fingerprint density at radius 2 is 2.18 bits per heavy atom. The van der Waals surface area contributed by atoms with Gasteiger partial charge in [0.2, 0.25) is 0 Å². The van der Waals surface area contributed by atoms with E-state index in [1.165, 1.54) is 30.8 Å². The van der Waals surface area contributed by atoms with E-state index in [-0.39, 0.29) is 5.12 Å². The minimum atomic E-state index is -0.420. The minimum absolute atomic E-state index is 0.0914. The maximum absolute atomic E-state index is 12.8. The lowest BCUT2D eigenvalue weighted by Gasteiger charge is -1.98. The number of allylic oxidation sites excluding steroid dienone is 1. The lowest BCUT2D eigenvalue weighted by Crippen LogP contribution is -1.88. The van der Waals surface area contributed by atoms with E-state index >= 15 is 0 Å². The van der Waals surface area contributed by atoms with Gasteiger partial charge >= 0.3 is 0 Å². The highest BCUT2D eigenvalue weighted by molar-refractivity contribution is 8.13. The Bertz CT molecular complexity index is 441. The fourth-order valence-electron chi connectivity index (χ4n) is 1.28. The van der Waals surface area contributed by atoms with Crippen molar-refractivity contribution in [1.82, 2.24) is 0 Å². The zero-order valence-corrected chi connectivity index (χ0v) is 10.3. The second kappa shape index (κ2) is 7.01. The lowest BCUT2D eigenvalue weighted by atomic mass is 10.1. The molecule has 0 saturated carbocycles. The van der Waals surface area contributed by atoms with Crippen LogP contribution in [0.25, 0.3) is 6.08 Å². The molecule has 0 N–H and O–H groups in total. The Balaban J connectivity index is 2.58. The van der Waals surface area contributed by atoms with Crippen LogP contribution in [0.3, 0.4) is 0 Å². The van der Waals surface area contributed by atoms with Crippen LogP contribution in [0.4, 0.5) is 4.39 Å². The second-order valence-corrected chi connectivity index (χ2v) is 4.69. The van der Waals surface area contributed by atoms with Crippen LogP contribution in [-0.2, 0) is 4.79 Å². The van der Waals surface area contributed by atoms with Crippen molar-refractivity contribution in [3.05, 3.63) is 41.2 Å². The average Bonchev–Trinajstić information content (AvgIpc) is 2.29. The molecule has 4 heteroatoms. The fraction of sp³-hybridized carbons (Fsp3) is 0.231. The Hall–Kier alpha value is -1.42. The third-order valence-electron chi connectivity index (χ3n) is 2.06. The number of thioether (sulfide) groups is 1. The van der Waals surface area contributed by atoms with Gasteiger partial charge in [0.15, 0.2) is 11.4 Å². The van der Waals surface area contributed by atoms with E-state index in [0.717, 1.165) is 6.42 Å². The van der Waals surface area contributed by atoms with E-state index in [1.54, 1.807) is 12.1 Å². The van der Waals surface area contributed by atoms with E-state index in [0.29, 0.717) is 23.2 Å². The summed E-state index contributed by atoms with van der Waals surface area (Å²) in [5.41, 5.74) is 1.02.